The van der Waals surface area contributed by atoms with Crippen molar-refractivity contribution in [1.82, 2.24) is 15.1 Å². The Kier molecular flexibility index (Phi) is 4.45. The van der Waals surface area contributed by atoms with Crippen LogP contribution in [0, 0.1) is 6.92 Å². The van der Waals surface area contributed by atoms with Crippen molar-refractivity contribution in [3.8, 4) is 0 Å². The summed E-state index contributed by atoms with van der Waals surface area (Å²) in [5.74, 6) is 0. The van der Waals surface area contributed by atoms with E-state index < -0.39 is 21.7 Å². The number of carbonyl (C=O) groups is 1. The van der Waals surface area contributed by atoms with Crippen LogP contribution in [0.3, 0.4) is 0 Å². The van der Waals surface area contributed by atoms with Crippen molar-refractivity contribution < 1.29 is 17.9 Å². The van der Waals surface area contributed by atoms with Crippen LogP contribution in [0.4, 0.5) is 4.79 Å². The zero-order chi connectivity index (χ0) is 15.7. The third kappa shape index (κ3) is 4.20. The summed E-state index contributed by atoms with van der Waals surface area (Å²) in [6.07, 6.45) is -0.652. The number of hydrogen-bond acceptors (Lipinski definition) is 5. The Hall–Kier alpha value is -1.61. The van der Waals surface area contributed by atoms with Crippen molar-refractivity contribution in [2.24, 2.45) is 12.2 Å². The molecule has 0 aliphatic heterocycles. The van der Waals surface area contributed by atoms with Gasteiger partial charge in [-0.25, -0.2) is 18.4 Å². The Morgan fingerprint density at radius 3 is 2.45 bits per heavy atom. The van der Waals surface area contributed by atoms with E-state index in [4.69, 9.17) is 9.88 Å². The van der Waals surface area contributed by atoms with Crippen molar-refractivity contribution >= 4 is 16.1 Å². The Morgan fingerprint density at radius 2 is 2.00 bits per heavy atom. The molecule has 0 spiro atoms. The smallest absolute Gasteiger partial charge is 0.407 e. The van der Waals surface area contributed by atoms with Gasteiger partial charge in [-0.1, -0.05) is 0 Å². The molecule has 1 aromatic rings. The first kappa shape index (κ1) is 16.4. The van der Waals surface area contributed by atoms with Crippen LogP contribution in [0.25, 0.3) is 0 Å². The standard InChI is InChI=1S/C11H20N4O4S/c1-7-9(20(12,17)18)8(14-15(7)5)6-13-10(16)19-11(2,3)4/h6H2,1-5H3,(H,13,16)(H2,12,17,18). The van der Waals surface area contributed by atoms with Gasteiger partial charge in [-0.2, -0.15) is 5.10 Å². The van der Waals surface area contributed by atoms with E-state index in [1.807, 2.05) is 0 Å². The lowest BCUT2D eigenvalue weighted by Crippen LogP contribution is -2.32. The fraction of sp³-hybridized carbons (Fsp3) is 0.636. The second-order valence-electron chi connectivity index (χ2n) is 5.39. The van der Waals surface area contributed by atoms with Gasteiger partial charge in [-0.15, -0.1) is 0 Å². The molecule has 9 heteroatoms. The molecule has 114 valence electrons. The number of primary sulfonamides is 1. The summed E-state index contributed by atoms with van der Waals surface area (Å²) in [6.45, 7) is 6.69. The number of aromatic nitrogens is 2. The topological polar surface area (TPSA) is 116 Å². The summed E-state index contributed by atoms with van der Waals surface area (Å²) in [6, 6.07) is 0. The molecule has 0 saturated carbocycles. The summed E-state index contributed by atoms with van der Waals surface area (Å²) in [4.78, 5) is 11.5. The van der Waals surface area contributed by atoms with Crippen LogP contribution in [-0.4, -0.2) is 29.9 Å². The maximum Gasteiger partial charge on any atom is 0.407 e. The second-order valence-corrected chi connectivity index (χ2v) is 6.88. The van der Waals surface area contributed by atoms with Gasteiger partial charge in [0, 0.05) is 7.05 Å². The number of nitrogens with one attached hydrogen (secondary N) is 1. The maximum atomic E-state index is 11.5. The molecule has 1 heterocycles. The number of hydrogen-bond donors (Lipinski definition) is 2. The molecule has 0 fully saturated rings. The number of nitrogens with zero attached hydrogens (tertiary/aromatic N) is 2. The molecule has 1 aromatic heterocycles. The molecule has 0 unspecified atom stereocenters. The van der Waals surface area contributed by atoms with Crippen molar-refractivity contribution in [3.63, 3.8) is 0 Å². The molecule has 8 nitrogen and oxygen atoms in total. The van der Waals surface area contributed by atoms with Crippen molar-refractivity contribution in [3.05, 3.63) is 11.4 Å². The lowest BCUT2D eigenvalue weighted by atomic mass is 10.2. The van der Waals surface area contributed by atoms with Crippen LogP contribution in [0.1, 0.15) is 32.2 Å². The SMILES string of the molecule is Cc1c(S(N)(=O)=O)c(CNC(=O)OC(C)(C)C)nn1C. The zero-order valence-electron chi connectivity index (χ0n) is 12.2. The first-order chi connectivity index (χ1) is 8.92. The minimum atomic E-state index is -3.90. The minimum Gasteiger partial charge on any atom is -0.444 e. The molecule has 1 rings (SSSR count). The number of ether oxygens (including phenoxy) is 1. The molecule has 0 bridgehead atoms. The van der Waals surface area contributed by atoms with E-state index in [1.54, 1.807) is 34.7 Å². The number of carbonyl (C=O) groups excluding carboxylic acids is 1. The van der Waals surface area contributed by atoms with E-state index >= 15 is 0 Å². The number of rotatable bonds is 3. The molecule has 0 radical (unpaired) electrons. The monoisotopic (exact) mass is 304 g/mol. The fourth-order valence-corrected chi connectivity index (χ4v) is 2.60. The van der Waals surface area contributed by atoms with Gasteiger partial charge in [0.25, 0.3) is 0 Å². The summed E-state index contributed by atoms with van der Waals surface area (Å²) in [5.41, 5.74) is -0.0424. The van der Waals surface area contributed by atoms with Gasteiger partial charge in [0.2, 0.25) is 10.0 Å². The van der Waals surface area contributed by atoms with Crippen molar-refractivity contribution in [2.75, 3.05) is 0 Å². The number of aryl methyl sites for hydroxylation is 1. The molecule has 20 heavy (non-hydrogen) atoms. The maximum absolute atomic E-state index is 11.5. The van der Waals surface area contributed by atoms with Crippen molar-refractivity contribution in [2.45, 2.75) is 44.7 Å². The normalized spacial score (nSPS) is 12.3. The first-order valence-corrected chi connectivity index (χ1v) is 7.48. The largest absolute Gasteiger partial charge is 0.444 e. The lowest BCUT2D eigenvalue weighted by Gasteiger charge is -2.19. The second kappa shape index (κ2) is 5.41. The summed E-state index contributed by atoms with van der Waals surface area (Å²) in [5, 5.41) is 11.6. The average molecular weight is 304 g/mol. The fourth-order valence-electron chi connectivity index (χ4n) is 1.61. The van der Waals surface area contributed by atoms with E-state index in [-0.39, 0.29) is 17.1 Å². The minimum absolute atomic E-state index is 0.0731. The highest BCUT2D eigenvalue weighted by molar-refractivity contribution is 7.89. The van der Waals surface area contributed by atoms with E-state index in [2.05, 4.69) is 10.4 Å². The van der Waals surface area contributed by atoms with Crippen LogP contribution < -0.4 is 10.5 Å². The lowest BCUT2D eigenvalue weighted by molar-refractivity contribution is 0.0522. The van der Waals surface area contributed by atoms with E-state index in [9.17, 15) is 13.2 Å². The third-order valence-corrected chi connectivity index (χ3v) is 3.53. The summed E-state index contributed by atoms with van der Waals surface area (Å²) >= 11 is 0. The molecule has 0 aromatic carbocycles. The van der Waals surface area contributed by atoms with Crippen LogP contribution in [0.2, 0.25) is 0 Å². The average Bonchev–Trinajstić information content (AvgIpc) is 2.48. The molecule has 3 N–H and O–H groups in total. The molecular weight excluding hydrogens is 284 g/mol. The van der Waals surface area contributed by atoms with Gasteiger partial charge in [-0.05, 0) is 27.7 Å². The Balaban J connectivity index is 2.90. The summed E-state index contributed by atoms with van der Waals surface area (Å²) < 4.78 is 29.5. The molecule has 1 amide bonds. The molecule has 0 aliphatic carbocycles. The number of alkyl carbamates (subject to hydrolysis) is 1. The quantitative estimate of drug-likeness (QED) is 0.838. The zero-order valence-corrected chi connectivity index (χ0v) is 13.0. The molecule has 0 aliphatic rings. The van der Waals surface area contributed by atoms with Crippen LogP contribution in [0.15, 0.2) is 4.90 Å². The first-order valence-electron chi connectivity index (χ1n) is 5.94. The van der Waals surface area contributed by atoms with E-state index in [0.717, 1.165) is 0 Å². The van der Waals surface area contributed by atoms with Gasteiger partial charge in [0.05, 0.1) is 12.2 Å². The molecule has 0 atom stereocenters. The van der Waals surface area contributed by atoms with Crippen molar-refractivity contribution in [1.29, 1.82) is 0 Å². The van der Waals surface area contributed by atoms with Crippen LogP contribution in [0.5, 0.6) is 0 Å². The predicted molar refractivity (Wildman–Crippen MR) is 72.4 cm³/mol. The predicted octanol–water partition coefficient (Wildman–Crippen LogP) is 0.401. The van der Waals surface area contributed by atoms with Crippen LogP contribution in [-0.2, 0) is 28.4 Å². The van der Waals surface area contributed by atoms with Gasteiger partial charge < -0.3 is 10.1 Å². The molecule has 0 saturated heterocycles. The van der Waals surface area contributed by atoms with Gasteiger partial charge in [0.15, 0.2) is 0 Å². The number of nitrogens with two attached hydrogens (primary N) is 1. The molecular formula is C11H20N4O4S. The van der Waals surface area contributed by atoms with Crippen LogP contribution >= 0.6 is 0 Å². The van der Waals surface area contributed by atoms with E-state index in [1.165, 1.54) is 4.68 Å². The van der Waals surface area contributed by atoms with Gasteiger partial charge in [0.1, 0.15) is 16.2 Å². The number of amides is 1. The van der Waals surface area contributed by atoms with Gasteiger partial charge >= 0.3 is 6.09 Å². The highest BCUT2D eigenvalue weighted by Gasteiger charge is 2.23. The number of sulfonamides is 1. The van der Waals surface area contributed by atoms with E-state index in [0.29, 0.717) is 5.69 Å². The van der Waals surface area contributed by atoms with Gasteiger partial charge in [-0.3, -0.25) is 4.68 Å². The Labute approximate surface area is 118 Å². The Morgan fingerprint density at radius 1 is 1.45 bits per heavy atom. The summed E-state index contributed by atoms with van der Waals surface area (Å²) in [7, 11) is -2.30. The third-order valence-electron chi connectivity index (χ3n) is 2.43. The Bertz CT molecular complexity index is 613. The highest BCUT2D eigenvalue weighted by atomic mass is 32.2. The highest BCUT2D eigenvalue weighted by Crippen LogP contribution is 2.17.